The van der Waals surface area contributed by atoms with Gasteiger partial charge in [0.1, 0.15) is 14.8 Å². The van der Waals surface area contributed by atoms with E-state index in [1.165, 1.54) is 19.3 Å². The summed E-state index contributed by atoms with van der Waals surface area (Å²) in [6.45, 7) is 2.73. The summed E-state index contributed by atoms with van der Waals surface area (Å²) in [4.78, 5) is 9.00. The number of aromatic nitrogens is 2. The number of nitrogens with zero attached hydrogens (tertiary/aromatic N) is 2. The third kappa shape index (κ3) is 3.06. The van der Waals surface area contributed by atoms with Crippen molar-refractivity contribution in [1.29, 1.82) is 0 Å². The summed E-state index contributed by atoms with van der Waals surface area (Å²) >= 11 is 6.84. The van der Waals surface area contributed by atoms with Crippen LogP contribution in [0.25, 0.3) is 0 Å². The quantitative estimate of drug-likeness (QED) is 0.755. The van der Waals surface area contributed by atoms with Crippen LogP contribution in [0.5, 0.6) is 0 Å². The zero-order valence-corrected chi connectivity index (χ0v) is 13.1. The van der Waals surface area contributed by atoms with Crippen molar-refractivity contribution in [2.45, 2.75) is 44.6 Å². The Balaban J connectivity index is 2.37. The van der Waals surface area contributed by atoms with Crippen molar-refractivity contribution in [1.82, 2.24) is 9.97 Å². The van der Waals surface area contributed by atoms with Crippen molar-refractivity contribution < 1.29 is 4.74 Å². The van der Waals surface area contributed by atoms with E-state index in [1.54, 1.807) is 0 Å². The van der Waals surface area contributed by atoms with E-state index in [4.69, 9.17) is 4.74 Å². The highest BCUT2D eigenvalue weighted by Crippen LogP contribution is 2.39. The fourth-order valence-electron chi connectivity index (χ4n) is 2.43. The molecule has 2 rings (SSSR count). The molecule has 0 atom stereocenters. The number of hydrogen-bond donors (Lipinski definition) is 0. The largest absolute Gasteiger partial charge is 0.367 e. The van der Waals surface area contributed by atoms with Gasteiger partial charge in [-0.3, -0.25) is 0 Å². The van der Waals surface area contributed by atoms with Crippen molar-refractivity contribution in [3.8, 4) is 0 Å². The highest BCUT2D eigenvalue weighted by Gasteiger charge is 2.37. The molecule has 0 aromatic carbocycles. The third-order valence-electron chi connectivity index (χ3n) is 3.15. The van der Waals surface area contributed by atoms with Crippen molar-refractivity contribution in [2.75, 3.05) is 6.61 Å². The van der Waals surface area contributed by atoms with E-state index >= 15 is 0 Å². The Morgan fingerprint density at radius 2 is 1.76 bits per heavy atom. The lowest BCUT2D eigenvalue weighted by molar-refractivity contribution is -0.0769. The summed E-state index contributed by atoms with van der Waals surface area (Å²) in [5, 5.41) is 0. The molecule has 1 saturated carbocycles. The van der Waals surface area contributed by atoms with E-state index in [1.807, 2.05) is 13.0 Å². The highest BCUT2D eigenvalue weighted by atomic mass is 79.9. The molecule has 3 nitrogen and oxygen atoms in total. The molecule has 0 N–H and O–H groups in total. The van der Waals surface area contributed by atoms with Crippen LogP contribution in [-0.2, 0) is 10.3 Å². The summed E-state index contributed by atoms with van der Waals surface area (Å²) in [6, 6.07) is 1.85. The van der Waals surface area contributed by atoms with Crippen molar-refractivity contribution >= 4 is 31.9 Å². The molecule has 1 heterocycles. The molecular formula is C12H16Br2N2O. The molecule has 1 aliphatic carbocycles. The summed E-state index contributed by atoms with van der Waals surface area (Å²) in [5.41, 5.74) is -0.278. The van der Waals surface area contributed by atoms with Crippen LogP contribution in [0.1, 0.15) is 44.9 Å². The first kappa shape index (κ1) is 13.4. The lowest BCUT2D eigenvalue weighted by atomic mass is 9.84. The van der Waals surface area contributed by atoms with Crippen LogP contribution in [0.3, 0.4) is 0 Å². The van der Waals surface area contributed by atoms with Crippen molar-refractivity contribution in [2.24, 2.45) is 0 Å². The Kier molecular flexibility index (Phi) is 4.55. The molecule has 0 spiro atoms. The Morgan fingerprint density at radius 1 is 1.18 bits per heavy atom. The van der Waals surface area contributed by atoms with Crippen LogP contribution in [0.2, 0.25) is 0 Å². The summed E-state index contributed by atoms with van der Waals surface area (Å²) < 4.78 is 7.61. The molecule has 0 aliphatic heterocycles. The van der Waals surface area contributed by atoms with Crippen LogP contribution in [-0.4, -0.2) is 16.6 Å². The van der Waals surface area contributed by atoms with E-state index in [2.05, 4.69) is 41.8 Å². The Hall–Kier alpha value is -0.0000000000000000555. The van der Waals surface area contributed by atoms with E-state index in [9.17, 15) is 0 Å². The molecule has 1 aliphatic rings. The maximum Gasteiger partial charge on any atom is 0.162 e. The van der Waals surface area contributed by atoms with Crippen LogP contribution >= 0.6 is 31.9 Å². The first-order valence-electron chi connectivity index (χ1n) is 6.01. The standard InChI is InChI=1S/C12H16Br2N2O/c1-2-17-12(6-4-3-5-7-12)11-15-9(13)8-10(14)16-11/h8H,2-7H2,1H3. The molecule has 1 fully saturated rings. The van der Waals surface area contributed by atoms with Gasteiger partial charge in [0.25, 0.3) is 0 Å². The fraction of sp³-hybridized carbons (Fsp3) is 0.667. The second kappa shape index (κ2) is 5.76. The lowest BCUT2D eigenvalue weighted by Gasteiger charge is -2.35. The first-order valence-corrected chi connectivity index (χ1v) is 7.59. The van der Waals surface area contributed by atoms with Crippen LogP contribution < -0.4 is 0 Å². The monoisotopic (exact) mass is 362 g/mol. The fourth-order valence-corrected chi connectivity index (χ4v) is 3.50. The zero-order chi connectivity index (χ0) is 12.3. The normalized spacial score (nSPS) is 19.2. The van der Waals surface area contributed by atoms with E-state index in [-0.39, 0.29) is 5.60 Å². The van der Waals surface area contributed by atoms with Gasteiger partial charge < -0.3 is 4.74 Å². The summed E-state index contributed by atoms with van der Waals surface area (Å²) in [6.07, 6.45) is 5.69. The third-order valence-corrected chi connectivity index (χ3v) is 3.97. The minimum Gasteiger partial charge on any atom is -0.367 e. The highest BCUT2D eigenvalue weighted by molar-refractivity contribution is 9.11. The van der Waals surface area contributed by atoms with Gasteiger partial charge in [0.05, 0.1) is 0 Å². The second-order valence-corrected chi connectivity index (χ2v) is 5.95. The molecule has 1 aromatic rings. The van der Waals surface area contributed by atoms with Gasteiger partial charge in [0.2, 0.25) is 0 Å². The molecule has 1 aromatic heterocycles. The molecule has 0 bridgehead atoms. The Morgan fingerprint density at radius 3 is 2.29 bits per heavy atom. The topological polar surface area (TPSA) is 35.0 Å². The predicted octanol–water partition coefficient (Wildman–Crippen LogP) is 4.20. The lowest BCUT2D eigenvalue weighted by Crippen LogP contribution is -2.34. The number of ether oxygens (including phenoxy) is 1. The first-order chi connectivity index (χ1) is 8.16. The number of rotatable bonds is 3. The van der Waals surface area contributed by atoms with Gasteiger partial charge >= 0.3 is 0 Å². The van der Waals surface area contributed by atoms with Gasteiger partial charge in [-0.1, -0.05) is 19.3 Å². The zero-order valence-electron chi connectivity index (χ0n) is 9.88. The van der Waals surface area contributed by atoms with Gasteiger partial charge in [-0.25, -0.2) is 9.97 Å². The molecule has 0 radical (unpaired) electrons. The summed E-state index contributed by atoms with van der Waals surface area (Å²) in [5.74, 6) is 0.806. The minimum absolute atomic E-state index is 0.278. The van der Waals surface area contributed by atoms with Crippen molar-refractivity contribution in [3.05, 3.63) is 21.1 Å². The smallest absolute Gasteiger partial charge is 0.162 e. The number of hydrogen-bond acceptors (Lipinski definition) is 3. The van der Waals surface area contributed by atoms with Crippen molar-refractivity contribution in [3.63, 3.8) is 0 Å². The van der Waals surface area contributed by atoms with E-state index < -0.39 is 0 Å². The van der Waals surface area contributed by atoms with Crippen LogP contribution in [0, 0.1) is 0 Å². The van der Waals surface area contributed by atoms with Gasteiger partial charge in [-0.15, -0.1) is 0 Å². The maximum absolute atomic E-state index is 6.00. The maximum atomic E-state index is 6.00. The van der Waals surface area contributed by atoms with Crippen LogP contribution in [0.15, 0.2) is 15.3 Å². The minimum atomic E-state index is -0.278. The SMILES string of the molecule is CCOC1(c2nc(Br)cc(Br)n2)CCCCC1. The average Bonchev–Trinajstić information content (AvgIpc) is 2.29. The van der Waals surface area contributed by atoms with Crippen LogP contribution in [0.4, 0.5) is 0 Å². The van der Waals surface area contributed by atoms with Gasteiger partial charge in [-0.2, -0.15) is 0 Å². The Labute approximate surface area is 119 Å². The molecule has 5 heteroatoms. The van der Waals surface area contributed by atoms with Gasteiger partial charge in [-0.05, 0) is 51.6 Å². The summed E-state index contributed by atoms with van der Waals surface area (Å²) in [7, 11) is 0. The molecule has 0 amide bonds. The number of halogens is 2. The average molecular weight is 364 g/mol. The Bertz CT molecular complexity index is 366. The molecule has 0 unspecified atom stereocenters. The predicted molar refractivity (Wildman–Crippen MR) is 73.8 cm³/mol. The van der Waals surface area contributed by atoms with Gasteiger partial charge in [0, 0.05) is 12.7 Å². The molecular weight excluding hydrogens is 348 g/mol. The molecule has 94 valence electrons. The van der Waals surface area contributed by atoms with Gasteiger partial charge in [0.15, 0.2) is 5.82 Å². The van der Waals surface area contributed by atoms with E-state index in [0.29, 0.717) is 6.61 Å². The second-order valence-electron chi connectivity index (χ2n) is 4.32. The molecule has 17 heavy (non-hydrogen) atoms. The van der Waals surface area contributed by atoms with E-state index in [0.717, 1.165) is 27.9 Å². The molecule has 0 saturated heterocycles.